The van der Waals surface area contributed by atoms with E-state index in [4.69, 9.17) is 11.6 Å². The molecular weight excluding hydrogens is 372 g/mol. The van der Waals surface area contributed by atoms with Crippen LogP contribution in [0.4, 0.5) is 23.2 Å². The predicted octanol–water partition coefficient (Wildman–Crippen LogP) is 4.96. The van der Waals surface area contributed by atoms with Gasteiger partial charge in [0.2, 0.25) is 5.91 Å². The Hall–Kier alpha value is -2.12. The molecule has 0 bridgehead atoms. The smallest absolute Gasteiger partial charge is 0.324 e. The van der Waals surface area contributed by atoms with Crippen LogP contribution in [-0.4, -0.2) is 23.9 Å². The molecule has 1 N–H and O–H groups in total. The van der Waals surface area contributed by atoms with Gasteiger partial charge in [0.15, 0.2) is 0 Å². The third kappa shape index (κ3) is 4.74. The minimum absolute atomic E-state index is 0.0288. The number of benzene rings is 2. The molecule has 140 valence electrons. The van der Waals surface area contributed by atoms with Crippen molar-refractivity contribution >= 4 is 23.2 Å². The summed E-state index contributed by atoms with van der Waals surface area (Å²) >= 11 is 5.97. The summed E-state index contributed by atoms with van der Waals surface area (Å²) in [7, 11) is 1.56. The molecule has 0 saturated carbocycles. The van der Waals surface area contributed by atoms with Crippen LogP contribution in [0.3, 0.4) is 0 Å². The minimum atomic E-state index is -4.58. The fourth-order valence-electron chi connectivity index (χ4n) is 2.35. The summed E-state index contributed by atoms with van der Waals surface area (Å²) < 4.78 is 52.9. The SMILES string of the molecule is CC(C(=O)Nc1ccccc1C(F)(F)F)N(C)Cc1c(F)cccc1Cl. The molecule has 0 aromatic heterocycles. The van der Waals surface area contributed by atoms with Gasteiger partial charge in [-0.15, -0.1) is 0 Å². The van der Waals surface area contributed by atoms with Crippen LogP contribution >= 0.6 is 11.6 Å². The van der Waals surface area contributed by atoms with E-state index >= 15 is 0 Å². The largest absolute Gasteiger partial charge is 0.418 e. The van der Waals surface area contributed by atoms with E-state index in [9.17, 15) is 22.4 Å². The van der Waals surface area contributed by atoms with Crippen molar-refractivity contribution in [1.82, 2.24) is 4.90 Å². The van der Waals surface area contributed by atoms with Gasteiger partial charge in [0.05, 0.1) is 17.3 Å². The summed E-state index contributed by atoms with van der Waals surface area (Å²) in [6.07, 6.45) is -4.58. The van der Waals surface area contributed by atoms with Crippen LogP contribution in [0.5, 0.6) is 0 Å². The lowest BCUT2D eigenvalue weighted by atomic mass is 10.1. The van der Waals surface area contributed by atoms with E-state index in [0.29, 0.717) is 0 Å². The fourth-order valence-corrected chi connectivity index (χ4v) is 2.57. The Bertz CT molecular complexity index is 775. The molecule has 8 heteroatoms. The van der Waals surface area contributed by atoms with Crippen LogP contribution < -0.4 is 5.32 Å². The second kappa shape index (κ2) is 8.05. The molecule has 0 spiro atoms. The number of rotatable bonds is 5. The zero-order valence-corrected chi connectivity index (χ0v) is 14.8. The van der Waals surface area contributed by atoms with Crippen molar-refractivity contribution in [2.24, 2.45) is 0 Å². The molecule has 1 unspecified atom stereocenters. The number of hydrogen-bond donors (Lipinski definition) is 1. The number of carbonyl (C=O) groups is 1. The summed E-state index contributed by atoms with van der Waals surface area (Å²) in [4.78, 5) is 13.8. The number of halogens is 5. The Morgan fingerprint density at radius 3 is 2.46 bits per heavy atom. The van der Waals surface area contributed by atoms with Gasteiger partial charge in [0.1, 0.15) is 5.82 Å². The van der Waals surface area contributed by atoms with Gasteiger partial charge in [-0.3, -0.25) is 9.69 Å². The highest BCUT2D eigenvalue weighted by molar-refractivity contribution is 6.31. The Labute approximate surface area is 153 Å². The maximum Gasteiger partial charge on any atom is 0.418 e. The summed E-state index contributed by atoms with van der Waals surface area (Å²) in [5, 5.41) is 2.50. The third-order valence-corrected chi connectivity index (χ3v) is 4.35. The molecule has 0 aliphatic heterocycles. The summed E-state index contributed by atoms with van der Waals surface area (Å²) in [6.45, 7) is 1.54. The third-order valence-electron chi connectivity index (χ3n) is 4.00. The van der Waals surface area contributed by atoms with Crippen LogP contribution in [0.2, 0.25) is 5.02 Å². The molecule has 1 amide bonds. The van der Waals surface area contributed by atoms with Crippen molar-refractivity contribution < 1.29 is 22.4 Å². The average molecular weight is 389 g/mol. The lowest BCUT2D eigenvalue weighted by Gasteiger charge is -2.25. The molecule has 2 aromatic carbocycles. The van der Waals surface area contributed by atoms with Gasteiger partial charge < -0.3 is 5.32 Å². The molecule has 0 aliphatic rings. The molecule has 26 heavy (non-hydrogen) atoms. The van der Waals surface area contributed by atoms with Crippen LogP contribution in [0.15, 0.2) is 42.5 Å². The number of para-hydroxylation sites is 1. The number of anilines is 1. The standard InChI is InChI=1S/C18H17ClF4N2O/c1-11(25(2)10-12-14(19)7-5-8-15(12)20)17(26)24-16-9-4-3-6-13(16)18(21,22)23/h3-9,11H,10H2,1-2H3,(H,24,26). The number of alkyl halides is 3. The van der Waals surface area contributed by atoms with Crippen molar-refractivity contribution in [3.63, 3.8) is 0 Å². The highest BCUT2D eigenvalue weighted by atomic mass is 35.5. The molecular formula is C18H17ClF4N2O. The molecule has 0 fully saturated rings. The van der Waals surface area contributed by atoms with Gasteiger partial charge in [0.25, 0.3) is 0 Å². The molecule has 2 rings (SSSR count). The Balaban J connectivity index is 2.13. The van der Waals surface area contributed by atoms with Crippen molar-refractivity contribution in [3.05, 3.63) is 64.4 Å². The number of nitrogens with zero attached hydrogens (tertiary/aromatic N) is 1. The zero-order valence-electron chi connectivity index (χ0n) is 14.1. The van der Waals surface area contributed by atoms with Gasteiger partial charge in [-0.05, 0) is 38.2 Å². The van der Waals surface area contributed by atoms with Crippen LogP contribution in [-0.2, 0) is 17.5 Å². The number of carbonyl (C=O) groups excluding carboxylic acids is 1. The van der Waals surface area contributed by atoms with E-state index < -0.39 is 29.5 Å². The fraction of sp³-hybridized carbons (Fsp3) is 0.278. The van der Waals surface area contributed by atoms with E-state index in [1.807, 2.05) is 0 Å². The lowest BCUT2D eigenvalue weighted by molar-refractivity contribution is -0.137. The van der Waals surface area contributed by atoms with E-state index in [2.05, 4.69) is 5.32 Å². The zero-order chi connectivity index (χ0) is 19.5. The molecule has 0 aliphatic carbocycles. The molecule has 0 radical (unpaired) electrons. The average Bonchev–Trinajstić information content (AvgIpc) is 2.57. The van der Waals surface area contributed by atoms with Gasteiger partial charge in [-0.25, -0.2) is 4.39 Å². The Morgan fingerprint density at radius 2 is 1.85 bits per heavy atom. The molecule has 0 heterocycles. The quantitative estimate of drug-likeness (QED) is 0.734. The second-order valence-corrected chi connectivity index (χ2v) is 6.23. The van der Waals surface area contributed by atoms with Crippen molar-refractivity contribution in [3.8, 4) is 0 Å². The summed E-state index contributed by atoms with van der Waals surface area (Å²) in [6, 6.07) is 8.15. The number of hydrogen-bond acceptors (Lipinski definition) is 2. The maximum atomic E-state index is 13.9. The maximum absolute atomic E-state index is 13.9. The van der Waals surface area contributed by atoms with Crippen LogP contribution in [0.1, 0.15) is 18.1 Å². The van der Waals surface area contributed by atoms with Crippen LogP contribution in [0, 0.1) is 5.82 Å². The van der Waals surface area contributed by atoms with Crippen molar-refractivity contribution in [2.45, 2.75) is 25.7 Å². The molecule has 2 aromatic rings. The van der Waals surface area contributed by atoms with Gasteiger partial charge in [0, 0.05) is 17.1 Å². The first-order valence-corrected chi connectivity index (χ1v) is 8.09. The molecule has 3 nitrogen and oxygen atoms in total. The first-order valence-electron chi connectivity index (χ1n) is 7.71. The number of nitrogens with one attached hydrogen (secondary N) is 1. The monoisotopic (exact) mass is 388 g/mol. The predicted molar refractivity (Wildman–Crippen MR) is 92.4 cm³/mol. The van der Waals surface area contributed by atoms with Crippen molar-refractivity contribution in [1.29, 1.82) is 0 Å². The van der Waals surface area contributed by atoms with Gasteiger partial charge in [-0.2, -0.15) is 13.2 Å². The molecule has 1 atom stereocenters. The Kier molecular flexibility index (Phi) is 6.26. The molecule has 0 saturated heterocycles. The van der Waals surface area contributed by atoms with Crippen LogP contribution in [0.25, 0.3) is 0 Å². The number of amides is 1. The van der Waals surface area contributed by atoms with Gasteiger partial charge in [-0.1, -0.05) is 29.8 Å². The summed E-state index contributed by atoms with van der Waals surface area (Å²) in [5.74, 6) is -1.16. The van der Waals surface area contributed by atoms with Gasteiger partial charge >= 0.3 is 6.18 Å². The van der Waals surface area contributed by atoms with E-state index in [0.717, 1.165) is 6.07 Å². The number of likely N-dealkylation sites (N-methyl/N-ethyl adjacent to an activating group) is 1. The topological polar surface area (TPSA) is 32.3 Å². The first kappa shape index (κ1) is 20.2. The Morgan fingerprint density at radius 1 is 1.19 bits per heavy atom. The summed E-state index contributed by atoms with van der Waals surface area (Å²) in [5.41, 5.74) is -1.04. The highest BCUT2D eigenvalue weighted by Gasteiger charge is 2.34. The highest BCUT2D eigenvalue weighted by Crippen LogP contribution is 2.34. The normalized spacial score (nSPS) is 12.9. The lowest BCUT2D eigenvalue weighted by Crippen LogP contribution is -2.39. The van der Waals surface area contributed by atoms with E-state index in [1.54, 1.807) is 7.05 Å². The van der Waals surface area contributed by atoms with Crippen molar-refractivity contribution in [2.75, 3.05) is 12.4 Å². The van der Waals surface area contributed by atoms with E-state index in [-0.39, 0.29) is 22.8 Å². The minimum Gasteiger partial charge on any atom is -0.324 e. The van der Waals surface area contributed by atoms with E-state index in [1.165, 1.54) is 48.2 Å². The second-order valence-electron chi connectivity index (χ2n) is 5.82. The first-order chi connectivity index (χ1) is 12.1.